The molecule has 3 nitrogen and oxygen atoms in total. The zero-order valence-electron chi connectivity index (χ0n) is 12.3. The summed E-state index contributed by atoms with van der Waals surface area (Å²) in [4.78, 5) is 0. The van der Waals surface area contributed by atoms with Gasteiger partial charge in [0, 0.05) is 24.2 Å². The summed E-state index contributed by atoms with van der Waals surface area (Å²) in [6.45, 7) is 5.01. The molecule has 0 bridgehead atoms. The molecule has 0 aliphatic carbocycles. The third-order valence-corrected chi connectivity index (χ3v) is 3.26. The third-order valence-electron chi connectivity index (χ3n) is 3.26. The van der Waals surface area contributed by atoms with Crippen molar-refractivity contribution in [3.05, 3.63) is 59.4 Å². The fourth-order valence-electron chi connectivity index (χ4n) is 2.13. The minimum Gasteiger partial charge on any atom is -0.508 e. The lowest BCUT2D eigenvalue weighted by molar-refractivity contribution is 0.306. The summed E-state index contributed by atoms with van der Waals surface area (Å²) in [6.07, 6.45) is 0. The highest BCUT2D eigenvalue weighted by Gasteiger charge is 2.10. The Balaban J connectivity index is 1.80. The van der Waals surface area contributed by atoms with Crippen molar-refractivity contribution in [2.24, 2.45) is 0 Å². The molecule has 112 valence electrons. The molecule has 0 radical (unpaired) electrons. The average Bonchev–Trinajstić information content (AvgIpc) is 2.43. The first kappa shape index (κ1) is 15.3. The molecule has 1 atom stereocenters. The number of aromatic hydroxyl groups is 1. The Labute approximate surface area is 124 Å². The summed E-state index contributed by atoms with van der Waals surface area (Å²) in [5.41, 5.74) is 1.68. The quantitative estimate of drug-likeness (QED) is 0.799. The first-order valence-electron chi connectivity index (χ1n) is 6.97. The number of aryl methyl sites for hydroxylation is 1. The van der Waals surface area contributed by atoms with Crippen LogP contribution in [0.4, 0.5) is 4.39 Å². The van der Waals surface area contributed by atoms with Gasteiger partial charge in [0.15, 0.2) is 0 Å². The smallest absolute Gasteiger partial charge is 0.131 e. The van der Waals surface area contributed by atoms with Gasteiger partial charge >= 0.3 is 0 Å². The zero-order valence-corrected chi connectivity index (χ0v) is 12.3. The molecule has 2 aromatic carbocycles. The second-order valence-corrected chi connectivity index (χ2v) is 5.05. The van der Waals surface area contributed by atoms with Crippen LogP contribution in [0.3, 0.4) is 0 Å². The highest BCUT2D eigenvalue weighted by molar-refractivity contribution is 5.29. The normalized spacial score (nSPS) is 12.1. The van der Waals surface area contributed by atoms with Gasteiger partial charge in [-0.1, -0.05) is 18.2 Å². The van der Waals surface area contributed by atoms with Crippen LogP contribution in [0.5, 0.6) is 11.5 Å². The van der Waals surface area contributed by atoms with Crippen molar-refractivity contribution in [2.75, 3.05) is 13.2 Å². The van der Waals surface area contributed by atoms with Crippen molar-refractivity contribution in [2.45, 2.75) is 19.9 Å². The van der Waals surface area contributed by atoms with E-state index in [4.69, 9.17) is 4.74 Å². The van der Waals surface area contributed by atoms with Crippen LogP contribution in [0.15, 0.2) is 42.5 Å². The van der Waals surface area contributed by atoms with E-state index in [9.17, 15) is 9.50 Å². The number of benzene rings is 2. The minimum absolute atomic E-state index is 0.0637. The van der Waals surface area contributed by atoms with Crippen LogP contribution < -0.4 is 10.1 Å². The van der Waals surface area contributed by atoms with Crippen molar-refractivity contribution >= 4 is 0 Å². The van der Waals surface area contributed by atoms with Crippen molar-refractivity contribution < 1.29 is 14.2 Å². The summed E-state index contributed by atoms with van der Waals surface area (Å²) in [7, 11) is 0. The molecule has 21 heavy (non-hydrogen) atoms. The van der Waals surface area contributed by atoms with Gasteiger partial charge in [0.25, 0.3) is 0 Å². The molecule has 0 heterocycles. The van der Waals surface area contributed by atoms with Gasteiger partial charge in [-0.2, -0.15) is 0 Å². The maximum atomic E-state index is 13.7. The molecule has 2 rings (SSSR count). The molecule has 4 heteroatoms. The van der Waals surface area contributed by atoms with E-state index in [0.29, 0.717) is 18.7 Å². The Morgan fingerprint density at radius 1 is 1.24 bits per heavy atom. The van der Waals surface area contributed by atoms with Crippen LogP contribution >= 0.6 is 0 Å². The SMILES string of the molecule is Cc1cccc(OCCNC(C)c2ccc(O)cc2F)c1. The van der Waals surface area contributed by atoms with Gasteiger partial charge in [-0.05, 0) is 37.6 Å². The Hall–Kier alpha value is -2.07. The predicted octanol–water partition coefficient (Wildman–Crippen LogP) is 3.57. The van der Waals surface area contributed by atoms with Crippen molar-refractivity contribution in [1.82, 2.24) is 5.32 Å². The molecule has 0 spiro atoms. The molecule has 0 aliphatic rings. The molecule has 0 saturated carbocycles. The Morgan fingerprint density at radius 3 is 2.76 bits per heavy atom. The van der Waals surface area contributed by atoms with Gasteiger partial charge in [0.2, 0.25) is 0 Å². The minimum atomic E-state index is -0.408. The van der Waals surface area contributed by atoms with Gasteiger partial charge in [0.05, 0.1) is 0 Å². The van der Waals surface area contributed by atoms with E-state index in [1.165, 1.54) is 6.07 Å². The number of rotatable bonds is 6. The van der Waals surface area contributed by atoms with E-state index in [0.717, 1.165) is 17.4 Å². The highest BCUT2D eigenvalue weighted by Crippen LogP contribution is 2.20. The molecule has 0 fully saturated rings. The number of phenols is 1. The van der Waals surface area contributed by atoms with E-state index in [1.807, 2.05) is 38.1 Å². The maximum absolute atomic E-state index is 13.7. The van der Waals surface area contributed by atoms with Gasteiger partial charge in [-0.15, -0.1) is 0 Å². The van der Waals surface area contributed by atoms with E-state index in [1.54, 1.807) is 6.07 Å². The molecular weight excluding hydrogens is 269 g/mol. The summed E-state index contributed by atoms with van der Waals surface area (Å²) in [5.74, 6) is 0.362. The lowest BCUT2D eigenvalue weighted by atomic mass is 10.1. The Morgan fingerprint density at radius 2 is 2.05 bits per heavy atom. The molecular formula is C17H20FNO2. The molecule has 2 N–H and O–H groups in total. The van der Waals surface area contributed by atoms with E-state index >= 15 is 0 Å². The summed E-state index contributed by atoms with van der Waals surface area (Å²) >= 11 is 0. The highest BCUT2D eigenvalue weighted by atomic mass is 19.1. The van der Waals surface area contributed by atoms with Crippen LogP contribution in [-0.4, -0.2) is 18.3 Å². The zero-order chi connectivity index (χ0) is 15.2. The van der Waals surface area contributed by atoms with Crippen LogP contribution in [-0.2, 0) is 0 Å². The van der Waals surface area contributed by atoms with Crippen molar-refractivity contribution in [3.8, 4) is 11.5 Å². The van der Waals surface area contributed by atoms with Crippen molar-refractivity contribution in [1.29, 1.82) is 0 Å². The van der Waals surface area contributed by atoms with E-state index in [2.05, 4.69) is 5.32 Å². The lowest BCUT2D eigenvalue weighted by Gasteiger charge is -2.15. The molecule has 0 aliphatic heterocycles. The number of hydrogen-bond acceptors (Lipinski definition) is 3. The third kappa shape index (κ3) is 4.46. The summed E-state index contributed by atoms with van der Waals surface area (Å²) < 4.78 is 19.3. The standard InChI is InChI=1S/C17H20FNO2/c1-12-4-3-5-15(10-12)21-9-8-19-13(2)16-7-6-14(20)11-17(16)18/h3-7,10-11,13,19-20H,8-9H2,1-2H3. The number of hydrogen-bond donors (Lipinski definition) is 2. The number of halogens is 1. The number of phenolic OH excluding ortho intramolecular Hbond substituents is 1. The van der Waals surface area contributed by atoms with Crippen LogP contribution in [0.25, 0.3) is 0 Å². The number of nitrogens with one attached hydrogen (secondary N) is 1. The fourth-order valence-corrected chi connectivity index (χ4v) is 2.13. The second kappa shape index (κ2) is 7.09. The van der Waals surface area contributed by atoms with Gasteiger partial charge in [-0.3, -0.25) is 0 Å². The van der Waals surface area contributed by atoms with Crippen molar-refractivity contribution in [3.63, 3.8) is 0 Å². The molecule has 0 aromatic heterocycles. The Kier molecular flexibility index (Phi) is 5.17. The molecule has 2 aromatic rings. The van der Waals surface area contributed by atoms with Gasteiger partial charge < -0.3 is 15.2 Å². The molecule has 0 amide bonds. The topological polar surface area (TPSA) is 41.5 Å². The average molecular weight is 289 g/mol. The molecule has 0 saturated heterocycles. The van der Waals surface area contributed by atoms with Gasteiger partial charge in [-0.25, -0.2) is 4.39 Å². The summed E-state index contributed by atoms with van der Waals surface area (Å²) in [5, 5.41) is 12.4. The fraction of sp³-hybridized carbons (Fsp3) is 0.294. The van der Waals surface area contributed by atoms with Crippen LogP contribution in [0.1, 0.15) is 24.1 Å². The first-order valence-corrected chi connectivity index (χ1v) is 6.97. The number of ether oxygens (including phenoxy) is 1. The monoisotopic (exact) mass is 289 g/mol. The van der Waals surface area contributed by atoms with Crippen LogP contribution in [0, 0.1) is 12.7 Å². The van der Waals surface area contributed by atoms with E-state index in [-0.39, 0.29) is 11.8 Å². The predicted molar refractivity (Wildman–Crippen MR) is 81.2 cm³/mol. The maximum Gasteiger partial charge on any atom is 0.131 e. The Bertz CT molecular complexity index is 601. The van der Waals surface area contributed by atoms with Gasteiger partial charge in [0.1, 0.15) is 23.9 Å². The molecule has 1 unspecified atom stereocenters. The summed E-state index contributed by atoms with van der Waals surface area (Å²) in [6, 6.07) is 11.9. The largest absolute Gasteiger partial charge is 0.508 e. The lowest BCUT2D eigenvalue weighted by Crippen LogP contribution is -2.25. The van der Waals surface area contributed by atoms with Crippen LogP contribution in [0.2, 0.25) is 0 Å². The van der Waals surface area contributed by atoms with E-state index < -0.39 is 5.82 Å². The first-order chi connectivity index (χ1) is 10.1. The second-order valence-electron chi connectivity index (χ2n) is 5.05.